The highest BCUT2D eigenvalue weighted by Crippen LogP contribution is 2.29. The molecular weight excluding hydrogens is 322 g/mol. The average molecular weight is 349 g/mol. The van der Waals surface area contributed by atoms with Gasteiger partial charge >= 0.3 is 0 Å². The van der Waals surface area contributed by atoms with Gasteiger partial charge in [0.05, 0.1) is 11.0 Å². The van der Waals surface area contributed by atoms with Crippen molar-refractivity contribution >= 4 is 11.0 Å². The van der Waals surface area contributed by atoms with Crippen LogP contribution in [-0.4, -0.2) is 34.0 Å². The Labute approximate surface area is 155 Å². The first-order valence-corrected chi connectivity index (χ1v) is 9.66. The Hall–Kier alpha value is -2.33. The van der Waals surface area contributed by atoms with Crippen molar-refractivity contribution in [2.45, 2.75) is 51.1 Å². The van der Waals surface area contributed by atoms with Gasteiger partial charge in [0.2, 0.25) is 0 Å². The maximum atomic E-state index is 5.87. The van der Waals surface area contributed by atoms with Crippen LogP contribution in [0.2, 0.25) is 0 Å². The monoisotopic (exact) mass is 349 g/mol. The molecule has 4 nitrogen and oxygen atoms in total. The number of benzene rings is 2. The van der Waals surface area contributed by atoms with Gasteiger partial charge in [0.15, 0.2) is 0 Å². The number of hydrogen-bond donors (Lipinski definition) is 1. The van der Waals surface area contributed by atoms with Gasteiger partial charge in [-0.05, 0) is 69.0 Å². The van der Waals surface area contributed by atoms with Crippen LogP contribution in [-0.2, 0) is 6.42 Å². The predicted octanol–water partition coefficient (Wildman–Crippen LogP) is 5.16. The van der Waals surface area contributed by atoms with Gasteiger partial charge in [-0.3, -0.25) is 0 Å². The van der Waals surface area contributed by atoms with E-state index < -0.39 is 0 Å². The number of aromatic nitrogens is 2. The van der Waals surface area contributed by atoms with Crippen molar-refractivity contribution in [2.75, 3.05) is 7.05 Å². The van der Waals surface area contributed by atoms with Gasteiger partial charge in [-0.1, -0.05) is 31.2 Å². The molecule has 3 aromatic rings. The van der Waals surface area contributed by atoms with Crippen molar-refractivity contribution in [3.8, 4) is 11.8 Å². The number of para-hydroxylation sites is 2. The van der Waals surface area contributed by atoms with Crippen LogP contribution >= 0.6 is 0 Å². The molecule has 0 bridgehead atoms. The SMILES string of the molecule is CCC(CCc1ccc(Oc2nc3ccccc3[nH]2)cc1)N(C)C1CC1. The van der Waals surface area contributed by atoms with Crippen molar-refractivity contribution in [2.24, 2.45) is 0 Å². The normalized spacial score (nSPS) is 15.5. The van der Waals surface area contributed by atoms with Crippen LogP contribution in [0.3, 0.4) is 0 Å². The summed E-state index contributed by atoms with van der Waals surface area (Å²) in [6.45, 7) is 2.30. The molecule has 4 heteroatoms. The predicted molar refractivity (Wildman–Crippen MR) is 106 cm³/mol. The van der Waals surface area contributed by atoms with E-state index in [1.165, 1.54) is 31.2 Å². The van der Waals surface area contributed by atoms with Crippen LogP contribution in [0.25, 0.3) is 11.0 Å². The van der Waals surface area contributed by atoms with E-state index in [0.717, 1.165) is 29.2 Å². The molecule has 1 aliphatic rings. The molecule has 136 valence electrons. The van der Waals surface area contributed by atoms with E-state index >= 15 is 0 Å². The molecule has 1 atom stereocenters. The fourth-order valence-corrected chi connectivity index (χ4v) is 3.62. The van der Waals surface area contributed by atoms with Crippen LogP contribution in [0.1, 0.15) is 38.2 Å². The summed E-state index contributed by atoms with van der Waals surface area (Å²) in [4.78, 5) is 10.2. The molecule has 26 heavy (non-hydrogen) atoms. The third-order valence-electron chi connectivity index (χ3n) is 5.44. The smallest absolute Gasteiger partial charge is 0.300 e. The number of aromatic amines is 1. The Morgan fingerprint density at radius 2 is 1.92 bits per heavy atom. The zero-order valence-corrected chi connectivity index (χ0v) is 15.6. The molecule has 0 saturated heterocycles. The lowest BCUT2D eigenvalue weighted by Gasteiger charge is -2.27. The summed E-state index contributed by atoms with van der Waals surface area (Å²) in [7, 11) is 2.29. The van der Waals surface area contributed by atoms with E-state index in [1.807, 2.05) is 36.4 Å². The largest absolute Gasteiger partial charge is 0.426 e. The first-order valence-electron chi connectivity index (χ1n) is 9.66. The highest BCUT2D eigenvalue weighted by Gasteiger charge is 2.29. The molecule has 1 aromatic heterocycles. The van der Waals surface area contributed by atoms with Crippen LogP contribution < -0.4 is 4.74 Å². The number of rotatable bonds is 8. The quantitative estimate of drug-likeness (QED) is 0.610. The molecule has 0 aliphatic heterocycles. The number of H-pyrrole nitrogens is 1. The molecule has 0 radical (unpaired) electrons. The number of imidazole rings is 1. The minimum atomic E-state index is 0.538. The Kier molecular flexibility index (Phi) is 4.93. The number of ether oxygens (including phenoxy) is 1. The number of aryl methyl sites for hydroxylation is 1. The topological polar surface area (TPSA) is 41.1 Å². The third-order valence-corrected chi connectivity index (χ3v) is 5.44. The van der Waals surface area contributed by atoms with E-state index in [2.05, 4.69) is 41.0 Å². The lowest BCUT2D eigenvalue weighted by Crippen LogP contribution is -2.33. The first kappa shape index (κ1) is 17.1. The lowest BCUT2D eigenvalue weighted by molar-refractivity contribution is 0.215. The molecule has 0 spiro atoms. The van der Waals surface area contributed by atoms with Gasteiger partial charge in [-0.2, -0.15) is 4.98 Å². The lowest BCUT2D eigenvalue weighted by atomic mass is 10.0. The zero-order chi connectivity index (χ0) is 17.9. The molecular formula is C22H27N3O. The summed E-state index contributed by atoms with van der Waals surface area (Å²) in [5, 5.41) is 0. The van der Waals surface area contributed by atoms with Crippen LogP contribution in [0.4, 0.5) is 0 Å². The molecule has 0 amide bonds. The highest BCUT2D eigenvalue weighted by atomic mass is 16.5. The molecule has 1 fully saturated rings. The minimum absolute atomic E-state index is 0.538. The van der Waals surface area contributed by atoms with Crippen LogP contribution in [0.5, 0.6) is 11.8 Å². The first-order chi connectivity index (χ1) is 12.7. The number of nitrogens with one attached hydrogen (secondary N) is 1. The maximum Gasteiger partial charge on any atom is 0.300 e. The fourth-order valence-electron chi connectivity index (χ4n) is 3.62. The summed E-state index contributed by atoms with van der Waals surface area (Å²) < 4.78 is 5.87. The Morgan fingerprint density at radius 1 is 1.15 bits per heavy atom. The van der Waals surface area contributed by atoms with Crippen molar-refractivity contribution in [1.82, 2.24) is 14.9 Å². The summed E-state index contributed by atoms with van der Waals surface area (Å²) >= 11 is 0. The van der Waals surface area contributed by atoms with E-state index in [4.69, 9.17) is 4.74 Å². The van der Waals surface area contributed by atoms with E-state index in [9.17, 15) is 0 Å². The second-order valence-electron chi connectivity index (χ2n) is 7.30. The number of hydrogen-bond acceptors (Lipinski definition) is 3. The second-order valence-corrected chi connectivity index (χ2v) is 7.30. The van der Waals surface area contributed by atoms with Crippen LogP contribution in [0.15, 0.2) is 48.5 Å². The van der Waals surface area contributed by atoms with Gasteiger partial charge in [-0.15, -0.1) is 0 Å². The Balaban J connectivity index is 1.35. The molecule has 1 saturated carbocycles. The third kappa shape index (κ3) is 3.91. The summed E-state index contributed by atoms with van der Waals surface area (Å²) in [6.07, 6.45) is 6.30. The van der Waals surface area contributed by atoms with Crippen LogP contribution in [0, 0.1) is 0 Å². The highest BCUT2D eigenvalue weighted by molar-refractivity contribution is 5.75. The molecule has 1 N–H and O–H groups in total. The van der Waals surface area contributed by atoms with E-state index in [-0.39, 0.29) is 0 Å². The number of fused-ring (bicyclic) bond motifs is 1. The summed E-state index contributed by atoms with van der Waals surface area (Å²) in [5.41, 5.74) is 3.28. The summed E-state index contributed by atoms with van der Waals surface area (Å²) in [6, 6.07) is 18.4. The van der Waals surface area contributed by atoms with Crippen molar-refractivity contribution < 1.29 is 4.74 Å². The standard InChI is InChI=1S/C22H27N3O/c1-3-17(25(2)18-12-13-18)11-8-16-9-14-19(15-10-16)26-22-23-20-6-4-5-7-21(20)24-22/h4-7,9-10,14-15,17-18H,3,8,11-13H2,1-2H3,(H,23,24). The zero-order valence-electron chi connectivity index (χ0n) is 15.6. The van der Waals surface area contributed by atoms with Gasteiger partial charge < -0.3 is 14.6 Å². The van der Waals surface area contributed by atoms with E-state index in [1.54, 1.807) is 0 Å². The molecule has 1 aliphatic carbocycles. The van der Waals surface area contributed by atoms with E-state index in [0.29, 0.717) is 12.1 Å². The molecule has 2 aromatic carbocycles. The Morgan fingerprint density at radius 3 is 2.62 bits per heavy atom. The molecule has 4 rings (SSSR count). The fraction of sp³-hybridized carbons (Fsp3) is 0.409. The van der Waals surface area contributed by atoms with Gasteiger partial charge in [0.25, 0.3) is 6.01 Å². The van der Waals surface area contributed by atoms with Gasteiger partial charge in [0, 0.05) is 12.1 Å². The minimum Gasteiger partial charge on any atom is -0.426 e. The average Bonchev–Trinajstić information content (AvgIpc) is 3.43. The van der Waals surface area contributed by atoms with Gasteiger partial charge in [-0.25, -0.2) is 0 Å². The maximum absolute atomic E-state index is 5.87. The van der Waals surface area contributed by atoms with Crippen molar-refractivity contribution in [3.05, 3.63) is 54.1 Å². The van der Waals surface area contributed by atoms with Crippen molar-refractivity contribution in [1.29, 1.82) is 0 Å². The molecule has 1 unspecified atom stereocenters. The number of nitrogens with zero attached hydrogens (tertiary/aromatic N) is 2. The second kappa shape index (κ2) is 7.50. The molecule has 1 heterocycles. The van der Waals surface area contributed by atoms with Gasteiger partial charge in [0.1, 0.15) is 5.75 Å². The summed E-state index contributed by atoms with van der Waals surface area (Å²) in [5.74, 6) is 0.815. The van der Waals surface area contributed by atoms with Crippen molar-refractivity contribution in [3.63, 3.8) is 0 Å². The Bertz CT molecular complexity index is 818.